The molecule has 3 heterocycles. The third kappa shape index (κ3) is 10.7. The van der Waals surface area contributed by atoms with Crippen molar-refractivity contribution in [2.45, 2.75) is 45.4 Å². The molecule has 0 aliphatic rings. The molecule has 0 fully saturated rings. The topological polar surface area (TPSA) is 127 Å². The van der Waals surface area contributed by atoms with Gasteiger partial charge in [0.1, 0.15) is 0 Å². The molecule has 0 saturated heterocycles. The van der Waals surface area contributed by atoms with Crippen molar-refractivity contribution in [1.82, 2.24) is 28.4 Å². The lowest BCUT2D eigenvalue weighted by molar-refractivity contribution is 0.0742. The van der Waals surface area contributed by atoms with Crippen LogP contribution in [0.4, 0.5) is 0 Å². The van der Waals surface area contributed by atoms with E-state index in [1.165, 1.54) is 11.0 Å². The molecule has 1 unspecified atom stereocenters. The molecule has 6 aromatic rings. The summed E-state index contributed by atoms with van der Waals surface area (Å²) in [6.07, 6.45) is 6.24. The molecule has 3 aromatic heterocycles. The van der Waals surface area contributed by atoms with Crippen LogP contribution in [0.25, 0.3) is 0 Å². The quantitative estimate of drug-likeness (QED) is 0.143. The van der Waals surface area contributed by atoms with E-state index >= 15 is 0 Å². The fourth-order valence-electron chi connectivity index (χ4n) is 6.84. The molecule has 1 atom stereocenters. The number of aromatic nitrogens is 3. The maximum atomic E-state index is 13.3. The van der Waals surface area contributed by atoms with Gasteiger partial charge in [-0.3, -0.25) is 28.8 Å². The number of nitrogens with zero attached hydrogens (tertiary/aromatic N) is 6. The van der Waals surface area contributed by atoms with Crippen molar-refractivity contribution in [3.63, 3.8) is 0 Å². The highest BCUT2D eigenvalue weighted by Crippen LogP contribution is 2.14. The predicted molar refractivity (Wildman–Crippen MR) is 233 cm³/mol. The first-order chi connectivity index (χ1) is 28.7. The van der Waals surface area contributed by atoms with Crippen LogP contribution in [-0.4, -0.2) is 86.9 Å². The van der Waals surface area contributed by atoms with Crippen molar-refractivity contribution >= 4 is 17.7 Å². The molecule has 308 valence electrons. The number of hydrogen-bond donors (Lipinski definition) is 0. The second-order valence-electron chi connectivity index (χ2n) is 15.4. The standard InChI is InChI=1S/C48H50N6O6/c1-34(51(5)48(60)42-19-13-36(14-20-42)31-52-24-7-6-8-43(52)55)28-39-23-27-54(45(57)30-39)33-38-11-17-41(18-12-38)47(59)50(4)25-21-35-22-26-53(44(56)29-35)32-37-9-15-40(16-10-37)46(58)49(2)3/h6-20,22-24,26-27,29-30,34H,21,25,28,31-33H2,1-5H3. The summed E-state index contributed by atoms with van der Waals surface area (Å²) >= 11 is 0. The third-order valence-corrected chi connectivity index (χ3v) is 10.7. The van der Waals surface area contributed by atoms with Crippen LogP contribution >= 0.6 is 0 Å². The van der Waals surface area contributed by atoms with E-state index in [0.29, 0.717) is 55.7 Å². The Morgan fingerprint density at radius 2 is 0.950 bits per heavy atom. The van der Waals surface area contributed by atoms with Crippen LogP contribution in [0.1, 0.15) is 65.8 Å². The zero-order valence-electron chi connectivity index (χ0n) is 34.7. The average molecular weight is 807 g/mol. The van der Waals surface area contributed by atoms with E-state index in [1.54, 1.807) is 131 Å². The lowest BCUT2D eigenvalue weighted by Crippen LogP contribution is -2.36. The minimum absolute atomic E-state index is 0.0791. The van der Waals surface area contributed by atoms with Crippen LogP contribution in [0.3, 0.4) is 0 Å². The SMILES string of the molecule is CC(Cc1ccn(Cc2ccc(C(=O)N(C)CCc3ccn(Cc4ccc(C(=O)N(C)C)cc4)c(=O)c3)cc2)c(=O)c1)N(C)C(=O)c1ccc(Cn2ccccc2=O)cc1. The first kappa shape index (κ1) is 42.5. The summed E-state index contributed by atoms with van der Waals surface area (Å²) in [6, 6.07) is 33.4. The maximum absolute atomic E-state index is 13.3. The fourth-order valence-corrected chi connectivity index (χ4v) is 6.84. The van der Waals surface area contributed by atoms with Crippen molar-refractivity contribution in [2.75, 3.05) is 34.7 Å². The number of amides is 3. The molecule has 0 radical (unpaired) electrons. The van der Waals surface area contributed by atoms with Gasteiger partial charge in [-0.25, -0.2) is 0 Å². The second kappa shape index (κ2) is 19.1. The zero-order valence-corrected chi connectivity index (χ0v) is 34.7. The zero-order chi connectivity index (χ0) is 42.9. The summed E-state index contributed by atoms with van der Waals surface area (Å²) in [7, 11) is 6.89. The summed E-state index contributed by atoms with van der Waals surface area (Å²) in [6.45, 7) is 3.49. The fraction of sp³-hybridized carbons (Fsp3) is 0.250. The van der Waals surface area contributed by atoms with Gasteiger partial charge in [-0.1, -0.05) is 42.5 Å². The summed E-state index contributed by atoms with van der Waals surface area (Å²) in [4.78, 5) is 81.6. The maximum Gasteiger partial charge on any atom is 0.253 e. The molecule has 0 aliphatic carbocycles. The Kier molecular flexibility index (Phi) is 13.5. The van der Waals surface area contributed by atoms with E-state index in [2.05, 4.69) is 0 Å². The summed E-state index contributed by atoms with van der Waals surface area (Å²) in [5.74, 6) is -0.362. The Hall–Kier alpha value is -7.08. The highest BCUT2D eigenvalue weighted by Gasteiger charge is 2.19. The van der Waals surface area contributed by atoms with Crippen LogP contribution in [0.2, 0.25) is 0 Å². The molecular formula is C48H50N6O6. The van der Waals surface area contributed by atoms with E-state index in [9.17, 15) is 28.8 Å². The van der Waals surface area contributed by atoms with E-state index in [0.717, 1.165) is 27.8 Å². The number of benzene rings is 3. The number of carbonyl (C=O) groups is 3. The molecule has 60 heavy (non-hydrogen) atoms. The largest absolute Gasteiger partial charge is 0.345 e. The smallest absolute Gasteiger partial charge is 0.253 e. The molecule has 0 N–H and O–H groups in total. The Labute approximate surface area is 349 Å². The first-order valence-electron chi connectivity index (χ1n) is 19.8. The second-order valence-corrected chi connectivity index (χ2v) is 15.4. The molecular weight excluding hydrogens is 757 g/mol. The summed E-state index contributed by atoms with van der Waals surface area (Å²) in [5.41, 5.74) is 5.57. The third-order valence-electron chi connectivity index (χ3n) is 10.7. The van der Waals surface area contributed by atoms with Gasteiger partial charge in [0.05, 0.1) is 19.6 Å². The van der Waals surface area contributed by atoms with E-state index in [-0.39, 0.29) is 40.4 Å². The van der Waals surface area contributed by atoms with Gasteiger partial charge in [0.25, 0.3) is 34.4 Å². The predicted octanol–water partition coefficient (Wildman–Crippen LogP) is 5.04. The van der Waals surface area contributed by atoms with Gasteiger partial charge in [-0.05, 0) is 102 Å². The van der Waals surface area contributed by atoms with E-state index in [1.807, 2.05) is 55.5 Å². The molecule has 0 aliphatic heterocycles. The van der Waals surface area contributed by atoms with E-state index in [4.69, 9.17) is 0 Å². The van der Waals surface area contributed by atoms with Crippen LogP contribution in [0.5, 0.6) is 0 Å². The first-order valence-corrected chi connectivity index (χ1v) is 19.8. The number of likely N-dealkylation sites (N-methyl/N-ethyl adjacent to an activating group) is 2. The van der Waals surface area contributed by atoms with Gasteiger partial charge in [0.15, 0.2) is 0 Å². The van der Waals surface area contributed by atoms with Crippen molar-refractivity contribution < 1.29 is 14.4 Å². The molecule has 0 saturated carbocycles. The molecule has 3 amide bonds. The highest BCUT2D eigenvalue weighted by atomic mass is 16.2. The van der Waals surface area contributed by atoms with Crippen LogP contribution in [0, 0.1) is 0 Å². The number of hydrogen-bond acceptors (Lipinski definition) is 6. The molecule has 3 aromatic carbocycles. The van der Waals surface area contributed by atoms with Crippen LogP contribution < -0.4 is 16.7 Å². The Morgan fingerprint density at radius 3 is 1.43 bits per heavy atom. The van der Waals surface area contributed by atoms with Crippen molar-refractivity contribution in [2.24, 2.45) is 0 Å². The van der Waals surface area contributed by atoms with Crippen LogP contribution in [0.15, 0.2) is 148 Å². The molecule has 12 nitrogen and oxygen atoms in total. The van der Waals surface area contributed by atoms with Gasteiger partial charge in [-0.15, -0.1) is 0 Å². The van der Waals surface area contributed by atoms with E-state index < -0.39 is 0 Å². The van der Waals surface area contributed by atoms with Crippen molar-refractivity contribution in [3.8, 4) is 0 Å². The minimum Gasteiger partial charge on any atom is -0.345 e. The number of rotatable bonds is 15. The highest BCUT2D eigenvalue weighted by molar-refractivity contribution is 5.95. The Morgan fingerprint density at radius 1 is 0.500 bits per heavy atom. The lowest BCUT2D eigenvalue weighted by Gasteiger charge is -2.25. The molecule has 0 bridgehead atoms. The van der Waals surface area contributed by atoms with Gasteiger partial charge in [0, 0.05) is 94.3 Å². The normalized spacial score (nSPS) is 11.5. The van der Waals surface area contributed by atoms with Crippen molar-refractivity contribution in [1.29, 1.82) is 0 Å². The van der Waals surface area contributed by atoms with Gasteiger partial charge in [-0.2, -0.15) is 0 Å². The van der Waals surface area contributed by atoms with Crippen molar-refractivity contribution in [3.05, 3.63) is 209 Å². The van der Waals surface area contributed by atoms with Gasteiger partial charge >= 0.3 is 0 Å². The lowest BCUT2D eigenvalue weighted by atomic mass is 10.1. The monoisotopic (exact) mass is 806 g/mol. The molecule has 6 rings (SSSR count). The number of pyridine rings is 3. The Balaban J connectivity index is 0.972. The summed E-state index contributed by atoms with van der Waals surface area (Å²) in [5, 5.41) is 0. The molecule has 0 spiro atoms. The van der Waals surface area contributed by atoms with Crippen LogP contribution in [-0.2, 0) is 32.5 Å². The minimum atomic E-state index is -0.176. The Bertz CT molecular complexity index is 2640. The average Bonchev–Trinajstić information content (AvgIpc) is 3.25. The van der Waals surface area contributed by atoms with Gasteiger partial charge in [0.2, 0.25) is 0 Å². The number of carbonyl (C=O) groups excluding carboxylic acids is 3. The summed E-state index contributed by atoms with van der Waals surface area (Å²) < 4.78 is 4.82. The van der Waals surface area contributed by atoms with Gasteiger partial charge < -0.3 is 28.4 Å². The molecule has 12 heteroatoms.